The lowest BCUT2D eigenvalue weighted by Crippen LogP contribution is -2.34. The maximum Gasteiger partial charge on any atom is 0.319 e. The minimum absolute atomic E-state index is 0.119. The lowest BCUT2D eigenvalue weighted by atomic mass is 10.1. The first-order chi connectivity index (χ1) is 5.33. The molecule has 1 aliphatic heterocycles. The number of piperidine rings is 1. The molecule has 0 spiro atoms. The minimum atomic E-state index is -0.119. The number of likely N-dealkylation sites (tertiary alicyclic amines) is 1. The Morgan fingerprint density at radius 2 is 2.00 bits per heavy atom. The van der Waals surface area contributed by atoms with Gasteiger partial charge in [0.1, 0.15) is 0 Å². The molecule has 1 heterocycles. The molecule has 0 saturated carbocycles. The zero-order valence-corrected chi connectivity index (χ0v) is 7.01. The third-order valence-electron chi connectivity index (χ3n) is 2.03. The molecule has 0 aliphatic carbocycles. The lowest BCUT2D eigenvalue weighted by molar-refractivity contribution is -0.142. The monoisotopic (exact) mass is 157 g/mol. The van der Waals surface area contributed by atoms with Crippen LogP contribution in [0.5, 0.6) is 0 Å². The van der Waals surface area contributed by atoms with Crippen LogP contribution >= 0.6 is 0 Å². The molecule has 1 aliphatic rings. The van der Waals surface area contributed by atoms with E-state index in [2.05, 4.69) is 9.64 Å². The molecule has 0 bridgehead atoms. The number of hydrogen-bond donors (Lipinski definition) is 0. The van der Waals surface area contributed by atoms with Crippen molar-refractivity contribution in [2.75, 3.05) is 26.7 Å². The second-order valence-corrected chi connectivity index (χ2v) is 2.91. The van der Waals surface area contributed by atoms with E-state index in [4.69, 9.17) is 0 Å². The fourth-order valence-electron chi connectivity index (χ4n) is 1.36. The van der Waals surface area contributed by atoms with Crippen molar-refractivity contribution in [2.24, 2.45) is 0 Å². The molecular formula is C8H15NO2. The van der Waals surface area contributed by atoms with Gasteiger partial charge >= 0.3 is 5.97 Å². The van der Waals surface area contributed by atoms with E-state index in [9.17, 15) is 4.79 Å². The van der Waals surface area contributed by atoms with Gasteiger partial charge in [-0.25, -0.2) is 0 Å². The van der Waals surface area contributed by atoms with Gasteiger partial charge in [-0.3, -0.25) is 9.69 Å². The van der Waals surface area contributed by atoms with E-state index in [0.717, 1.165) is 13.1 Å². The van der Waals surface area contributed by atoms with Crippen molar-refractivity contribution in [2.45, 2.75) is 19.3 Å². The Kier molecular flexibility index (Phi) is 3.36. The maximum absolute atomic E-state index is 10.8. The first-order valence-electron chi connectivity index (χ1n) is 4.12. The average Bonchev–Trinajstić information content (AvgIpc) is 2.06. The van der Waals surface area contributed by atoms with Gasteiger partial charge in [0, 0.05) is 0 Å². The highest BCUT2D eigenvalue weighted by Crippen LogP contribution is 2.07. The van der Waals surface area contributed by atoms with Gasteiger partial charge in [0.25, 0.3) is 0 Å². The summed E-state index contributed by atoms with van der Waals surface area (Å²) < 4.78 is 4.57. The summed E-state index contributed by atoms with van der Waals surface area (Å²) in [6.07, 6.45) is 3.74. The summed E-state index contributed by atoms with van der Waals surface area (Å²) in [5.41, 5.74) is 0. The van der Waals surface area contributed by atoms with Crippen LogP contribution in [0.1, 0.15) is 19.3 Å². The highest BCUT2D eigenvalue weighted by molar-refractivity contribution is 5.71. The SMILES string of the molecule is COC(=O)CN1CCCCC1. The van der Waals surface area contributed by atoms with Gasteiger partial charge in [0.05, 0.1) is 13.7 Å². The molecule has 3 nitrogen and oxygen atoms in total. The molecule has 64 valence electrons. The summed E-state index contributed by atoms with van der Waals surface area (Å²) in [6.45, 7) is 2.57. The topological polar surface area (TPSA) is 29.5 Å². The van der Waals surface area contributed by atoms with Crippen LogP contribution in [0.2, 0.25) is 0 Å². The van der Waals surface area contributed by atoms with Crippen LogP contribution in [0.25, 0.3) is 0 Å². The normalized spacial score (nSPS) is 19.7. The molecule has 0 unspecified atom stereocenters. The van der Waals surface area contributed by atoms with E-state index in [1.807, 2.05) is 0 Å². The molecule has 0 N–H and O–H groups in total. The number of methoxy groups -OCH3 is 1. The van der Waals surface area contributed by atoms with Crippen molar-refractivity contribution >= 4 is 5.97 Å². The van der Waals surface area contributed by atoms with Crippen molar-refractivity contribution in [3.63, 3.8) is 0 Å². The molecule has 0 atom stereocenters. The number of carbonyl (C=O) groups excluding carboxylic acids is 1. The molecule has 0 radical (unpaired) electrons. The number of carbonyl (C=O) groups is 1. The summed E-state index contributed by atoms with van der Waals surface area (Å²) >= 11 is 0. The summed E-state index contributed by atoms with van der Waals surface area (Å²) in [5.74, 6) is -0.119. The molecule has 1 rings (SSSR count). The highest BCUT2D eigenvalue weighted by Gasteiger charge is 2.13. The second kappa shape index (κ2) is 4.34. The Bertz CT molecular complexity index is 130. The number of hydrogen-bond acceptors (Lipinski definition) is 3. The third-order valence-corrected chi connectivity index (χ3v) is 2.03. The van der Waals surface area contributed by atoms with Gasteiger partial charge in [-0.1, -0.05) is 6.42 Å². The van der Waals surface area contributed by atoms with Crippen LogP contribution in [0, 0.1) is 0 Å². The molecule has 0 aromatic rings. The molecule has 0 aromatic carbocycles. The number of ether oxygens (including phenoxy) is 1. The minimum Gasteiger partial charge on any atom is -0.468 e. The Morgan fingerprint density at radius 1 is 1.36 bits per heavy atom. The maximum atomic E-state index is 10.8. The number of esters is 1. The van der Waals surface area contributed by atoms with E-state index >= 15 is 0 Å². The largest absolute Gasteiger partial charge is 0.468 e. The fourth-order valence-corrected chi connectivity index (χ4v) is 1.36. The molecular weight excluding hydrogens is 142 g/mol. The quantitative estimate of drug-likeness (QED) is 0.551. The summed E-state index contributed by atoms with van der Waals surface area (Å²) in [5, 5.41) is 0. The van der Waals surface area contributed by atoms with Gasteiger partial charge in [-0.2, -0.15) is 0 Å². The number of rotatable bonds is 2. The van der Waals surface area contributed by atoms with Gasteiger partial charge in [-0.05, 0) is 25.9 Å². The fraction of sp³-hybridized carbons (Fsp3) is 0.875. The average molecular weight is 157 g/mol. The van der Waals surface area contributed by atoms with Crippen LogP contribution < -0.4 is 0 Å². The van der Waals surface area contributed by atoms with E-state index in [1.54, 1.807) is 0 Å². The van der Waals surface area contributed by atoms with Crippen LogP contribution in [-0.4, -0.2) is 37.6 Å². The van der Waals surface area contributed by atoms with Gasteiger partial charge in [0.15, 0.2) is 0 Å². The Hall–Kier alpha value is -0.570. The van der Waals surface area contributed by atoms with Crippen LogP contribution in [0.15, 0.2) is 0 Å². The molecule has 1 saturated heterocycles. The van der Waals surface area contributed by atoms with Gasteiger partial charge < -0.3 is 4.74 Å². The summed E-state index contributed by atoms with van der Waals surface area (Å²) in [7, 11) is 1.44. The Balaban J connectivity index is 2.19. The first kappa shape index (κ1) is 8.53. The molecule has 11 heavy (non-hydrogen) atoms. The molecule has 0 amide bonds. The van der Waals surface area contributed by atoms with Crippen LogP contribution in [-0.2, 0) is 9.53 Å². The Labute approximate surface area is 67.3 Å². The van der Waals surface area contributed by atoms with E-state index < -0.39 is 0 Å². The molecule has 0 aromatic heterocycles. The van der Waals surface area contributed by atoms with Gasteiger partial charge in [0.2, 0.25) is 0 Å². The predicted molar refractivity (Wildman–Crippen MR) is 42.3 cm³/mol. The van der Waals surface area contributed by atoms with Gasteiger partial charge in [-0.15, -0.1) is 0 Å². The standard InChI is InChI=1S/C8H15NO2/c1-11-8(10)7-9-5-3-2-4-6-9/h2-7H2,1H3. The first-order valence-corrected chi connectivity index (χ1v) is 4.12. The van der Waals surface area contributed by atoms with Crippen molar-refractivity contribution in [3.8, 4) is 0 Å². The third kappa shape index (κ3) is 2.89. The predicted octanol–water partition coefficient (Wildman–Crippen LogP) is 0.645. The van der Waals surface area contributed by atoms with Crippen LogP contribution in [0.4, 0.5) is 0 Å². The molecule has 1 fully saturated rings. The summed E-state index contributed by atoms with van der Waals surface area (Å²) in [6, 6.07) is 0. The molecule has 3 heteroatoms. The second-order valence-electron chi connectivity index (χ2n) is 2.91. The van der Waals surface area contributed by atoms with E-state index in [-0.39, 0.29) is 5.97 Å². The number of nitrogens with zero attached hydrogens (tertiary/aromatic N) is 1. The zero-order chi connectivity index (χ0) is 8.10. The highest BCUT2D eigenvalue weighted by atomic mass is 16.5. The zero-order valence-electron chi connectivity index (χ0n) is 7.01. The van der Waals surface area contributed by atoms with Crippen molar-refractivity contribution in [1.82, 2.24) is 4.90 Å². The van der Waals surface area contributed by atoms with Crippen molar-refractivity contribution in [3.05, 3.63) is 0 Å². The summed E-state index contributed by atoms with van der Waals surface area (Å²) in [4.78, 5) is 13.0. The lowest BCUT2D eigenvalue weighted by Gasteiger charge is -2.24. The van der Waals surface area contributed by atoms with Crippen LogP contribution in [0.3, 0.4) is 0 Å². The van der Waals surface area contributed by atoms with Crippen molar-refractivity contribution < 1.29 is 9.53 Å². The van der Waals surface area contributed by atoms with E-state index in [0.29, 0.717) is 6.54 Å². The smallest absolute Gasteiger partial charge is 0.319 e. The van der Waals surface area contributed by atoms with Crippen molar-refractivity contribution in [1.29, 1.82) is 0 Å². The Morgan fingerprint density at radius 3 is 2.55 bits per heavy atom. The van der Waals surface area contributed by atoms with E-state index in [1.165, 1.54) is 26.4 Å².